The van der Waals surface area contributed by atoms with Gasteiger partial charge in [-0.25, -0.2) is 8.78 Å². The summed E-state index contributed by atoms with van der Waals surface area (Å²) in [7, 11) is 0. The van der Waals surface area contributed by atoms with E-state index in [0.29, 0.717) is 19.5 Å². The zero-order valence-electron chi connectivity index (χ0n) is 16.0. The van der Waals surface area contributed by atoms with Gasteiger partial charge in [-0.15, -0.1) is 0 Å². The average Bonchev–Trinajstić information content (AvgIpc) is 3.35. The number of fused-ring (bicyclic) bond motifs is 1. The fourth-order valence-electron chi connectivity index (χ4n) is 5.13. The van der Waals surface area contributed by atoms with Crippen molar-refractivity contribution >= 4 is 11.8 Å². The van der Waals surface area contributed by atoms with Crippen LogP contribution in [0.1, 0.15) is 18.4 Å². The molecule has 0 aromatic carbocycles. The van der Waals surface area contributed by atoms with E-state index in [0.717, 1.165) is 5.56 Å². The van der Waals surface area contributed by atoms with Gasteiger partial charge in [0.15, 0.2) is 0 Å². The molecule has 0 saturated carbocycles. The van der Waals surface area contributed by atoms with E-state index >= 15 is 0 Å². The smallest absolute Gasteiger partial charge is 0.251 e. The van der Waals surface area contributed by atoms with Crippen LogP contribution in [0.5, 0.6) is 0 Å². The zero-order chi connectivity index (χ0) is 20.2. The maximum absolute atomic E-state index is 13.5. The number of piperidine rings is 1. The van der Waals surface area contributed by atoms with Crippen LogP contribution in [0.4, 0.5) is 8.78 Å². The van der Waals surface area contributed by atoms with Crippen molar-refractivity contribution in [2.24, 2.45) is 11.8 Å². The highest BCUT2D eigenvalue weighted by Crippen LogP contribution is 2.52. The summed E-state index contributed by atoms with van der Waals surface area (Å²) < 4.78 is 33.1. The molecule has 5 heterocycles. The third-order valence-electron chi connectivity index (χ3n) is 6.69. The van der Waals surface area contributed by atoms with Gasteiger partial charge in [0, 0.05) is 44.9 Å². The molecule has 2 unspecified atom stereocenters. The Kier molecular flexibility index (Phi) is 4.24. The second-order valence-corrected chi connectivity index (χ2v) is 8.45. The van der Waals surface area contributed by atoms with Crippen molar-refractivity contribution in [1.82, 2.24) is 14.8 Å². The lowest BCUT2D eigenvalue weighted by Crippen LogP contribution is -2.50. The molecule has 4 aliphatic heterocycles. The number of aromatic nitrogens is 1. The van der Waals surface area contributed by atoms with Crippen LogP contribution in [0.25, 0.3) is 0 Å². The van der Waals surface area contributed by atoms with E-state index < -0.39 is 29.5 Å². The summed E-state index contributed by atoms with van der Waals surface area (Å²) in [5.74, 6) is -4.21. The molecular weight excluding hydrogens is 380 g/mol. The second-order valence-electron chi connectivity index (χ2n) is 8.45. The number of carbonyl (C=O) groups is 2. The first-order valence-corrected chi connectivity index (χ1v) is 10.1. The standard InChI is InChI=1S/C21H23F2N3O3/c22-21(23)6-11-25(12-7-21)18(27)16-15-1-5-20(29-15)13-26(19(28)17(16)20)10-4-14-2-8-24-9-3-14/h1-3,5,8-9,15-17H,4,6-7,10-13H2/t15-,16?,17?,20-/m1/s1. The highest BCUT2D eigenvalue weighted by molar-refractivity contribution is 5.93. The lowest BCUT2D eigenvalue weighted by molar-refractivity contribution is -0.147. The van der Waals surface area contributed by atoms with Gasteiger partial charge in [0.1, 0.15) is 5.60 Å². The summed E-state index contributed by atoms with van der Waals surface area (Å²) in [6.45, 7) is 1.02. The highest BCUT2D eigenvalue weighted by Gasteiger charge is 2.67. The number of ether oxygens (including phenoxy) is 1. The Bertz CT molecular complexity index is 852. The molecule has 3 saturated heterocycles. The predicted octanol–water partition coefficient (Wildman–Crippen LogP) is 1.66. The largest absolute Gasteiger partial charge is 0.360 e. The Labute approximate surface area is 167 Å². The van der Waals surface area contributed by atoms with Gasteiger partial charge in [-0.2, -0.15) is 0 Å². The van der Waals surface area contributed by atoms with Crippen LogP contribution in [0, 0.1) is 11.8 Å². The first-order chi connectivity index (χ1) is 13.9. The fourth-order valence-corrected chi connectivity index (χ4v) is 5.13. The van der Waals surface area contributed by atoms with Crippen molar-refractivity contribution in [1.29, 1.82) is 0 Å². The molecule has 1 aromatic rings. The van der Waals surface area contributed by atoms with Crippen molar-refractivity contribution in [2.45, 2.75) is 36.9 Å². The number of hydrogen-bond acceptors (Lipinski definition) is 4. The minimum absolute atomic E-state index is 0.0262. The Hall–Kier alpha value is -2.35. The van der Waals surface area contributed by atoms with Gasteiger partial charge in [-0.1, -0.05) is 12.2 Å². The fraction of sp³-hybridized carbons (Fsp3) is 0.571. The van der Waals surface area contributed by atoms with Gasteiger partial charge in [0.25, 0.3) is 5.92 Å². The van der Waals surface area contributed by atoms with E-state index in [4.69, 9.17) is 4.74 Å². The molecule has 0 aliphatic carbocycles. The molecule has 0 N–H and O–H groups in total. The third kappa shape index (κ3) is 3.04. The lowest BCUT2D eigenvalue weighted by atomic mass is 9.76. The molecule has 4 atom stereocenters. The van der Waals surface area contributed by atoms with E-state index in [-0.39, 0.29) is 37.7 Å². The SMILES string of the molecule is O=C(C1C2C(=O)N(CCc3ccncc3)C[C@]23C=C[C@H]1O3)N1CCC(F)(F)CC1. The summed E-state index contributed by atoms with van der Waals surface area (Å²) in [5.41, 5.74) is 0.324. The van der Waals surface area contributed by atoms with E-state index in [2.05, 4.69) is 4.98 Å². The van der Waals surface area contributed by atoms with Gasteiger partial charge in [-0.05, 0) is 24.1 Å². The summed E-state index contributed by atoms with van der Waals surface area (Å²) in [6.07, 6.45) is 6.82. The van der Waals surface area contributed by atoms with Crippen molar-refractivity contribution in [3.8, 4) is 0 Å². The lowest BCUT2D eigenvalue weighted by Gasteiger charge is -2.35. The van der Waals surface area contributed by atoms with Gasteiger partial charge in [0.2, 0.25) is 11.8 Å². The predicted molar refractivity (Wildman–Crippen MR) is 99.0 cm³/mol. The van der Waals surface area contributed by atoms with Crippen LogP contribution in [0.2, 0.25) is 0 Å². The Balaban J connectivity index is 1.31. The monoisotopic (exact) mass is 403 g/mol. The van der Waals surface area contributed by atoms with Gasteiger partial charge in [0.05, 0.1) is 24.5 Å². The van der Waals surface area contributed by atoms with Crippen molar-refractivity contribution < 1.29 is 23.1 Å². The molecule has 29 heavy (non-hydrogen) atoms. The summed E-state index contributed by atoms with van der Waals surface area (Å²) in [5, 5.41) is 0. The van der Waals surface area contributed by atoms with E-state index in [9.17, 15) is 18.4 Å². The molecule has 4 aliphatic rings. The Morgan fingerprint density at radius 1 is 1.24 bits per heavy atom. The van der Waals surface area contributed by atoms with E-state index in [1.54, 1.807) is 17.3 Å². The molecule has 5 rings (SSSR count). The van der Waals surface area contributed by atoms with Crippen LogP contribution in [-0.2, 0) is 20.7 Å². The molecule has 1 aromatic heterocycles. The van der Waals surface area contributed by atoms with Crippen molar-refractivity contribution in [3.63, 3.8) is 0 Å². The number of carbonyl (C=O) groups excluding carboxylic acids is 2. The molecule has 3 fully saturated rings. The average molecular weight is 403 g/mol. The van der Waals surface area contributed by atoms with Crippen molar-refractivity contribution in [3.05, 3.63) is 42.2 Å². The number of alkyl halides is 2. The number of pyridine rings is 1. The molecular formula is C21H23F2N3O3. The molecule has 6 nitrogen and oxygen atoms in total. The van der Waals surface area contributed by atoms with Gasteiger partial charge in [-0.3, -0.25) is 14.6 Å². The van der Waals surface area contributed by atoms with Crippen LogP contribution in [0.15, 0.2) is 36.7 Å². The molecule has 1 spiro atoms. The quantitative estimate of drug-likeness (QED) is 0.718. The van der Waals surface area contributed by atoms with Gasteiger partial charge >= 0.3 is 0 Å². The van der Waals surface area contributed by atoms with Crippen LogP contribution in [-0.4, -0.2) is 70.4 Å². The summed E-state index contributed by atoms with van der Waals surface area (Å²) in [6, 6.07) is 3.83. The summed E-state index contributed by atoms with van der Waals surface area (Å²) >= 11 is 0. The normalized spacial score (nSPS) is 34.7. The van der Waals surface area contributed by atoms with Crippen LogP contribution < -0.4 is 0 Å². The third-order valence-corrected chi connectivity index (χ3v) is 6.69. The second kappa shape index (κ2) is 6.58. The summed E-state index contributed by atoms with van der Waals surface area (Å²) in [4.78, 5) is 33.6. The van der Waals surface area contributed by atoms with Crippen LogP contribution in [0.3, 0.4) is 0 Å². The highest BCUT2D eigenvalue weighted by atomic mass is 19.3. The first kappa shape index (κ1) is 18.7. The first-order valence-electron chi connectivity index (χ1n) is 10.1. The number of rotatable bonds is 4. The Morgan fingerprint density at radius 3 is 2.69 bits per heavy atom. The number of hydrogen-bond donors (Lipinski definition) is 0. The number of nitrogens with zero attached hydrogens (tertiary/aromatic N) is 3. The van der Waals surface area contributed by atoms with Gasteiger partial charge < -0.3 is 14.5 Å². The number of likely N-dealkylation sites (tertiary alicyclic amines) is 2. The molecule has 2 amide bonds. The van der Waals surface area contributed by atoms with E-state index in [1.165, 1.54) is 4.90 Å². The molecule has 154 valence electrons. The number of halogens is 2. The van der Waals surface area contributed by atoms with E-state index in [1.807, 2.05) is 24.3 Å². The minimum atomic E-state index is -2.71. The topological polar surface area (TPSA) is 62.7 Å². The molecule has 0 radical (unpaired) electrons. The zero-order valence-corrected chi connectivity index (χ0v) is 16.0. The number of amides is 2. The molecule has 2 bridgehead atoms. The Morgan fingerprint density at radius 2 is 1.97 bits per heavy atom. The van der Waals surface area contributed by atoms with Crippen LogP contribution >= 0.6 is 0 Å². The minimum Gasteiger partial charge on any atom is -0.360 e. The maximum atomic E-state index is 13.5. The molecule has 8 heteroatoms. The maximum Gasteiger partial charge on any atom is 0.251 e. The van der Waals surface area contributed by atoms with Crippen molar-refractivity contribution in [2.75, 3.05) is 26.2 Å².